The molecule has 124 valence electrons. The minimum Gasteiger partial charge on any atom is -0.313 e. The normalized spacial score (nSPS) is 11.8. The van der Waals surface area contributed by atoms with Crippen LogP contribution in [0.4, 0.5) is 13.2 Å². The maximum Gasteiger partial charge on any atom is 0.418 e. The molecule has 0 unspecified atom stereocenters. The van der Waals surface area contributed by atoms with Crippen molar-refractivity contribution in [1.82, 2.24) is 9.13 Å². The number of ketones is 1. The molecule has 0 saturated heterocycles. The number of benzene rings is 2. The number of nitrogens with one attached hydrogen (secondary N) is 1. The molecule has 0 aliphatic heterocycles. The van der Waals surface area contributed by atoms with E-state index in [-0.39, 0.29) is 29.0 Å². The van der Waals surface area contributed by atoms with E-state index in [4.69, 9.17) is 5.41 Å². The Morgan fingerprint density at radius 1 is 1.08 bits per heavy atom. The average molecular weight is 333 g/mol. The number of aromatic nitrogens is 2. The quantitative estimate of drug-likeness (QED) is 0.734. The van der Waals surface area contributed by atoms with Gasteiger partial charge in [-0.15, -0.1) is 0 Å². The third-order valence-electron chi connectivity index (χ3n) is 3.92. The summed E-state index contributed by atoms with van der Waals surface area (Å²) in [4.78, 5) is 12.4. The number of carbonyl (C=O) groups excluding carboxylic acids is 1. The molecule has 7 heteroatoms. The maximum atomic E-state index is 13.2. The highest BCUT2D eigenvalue weighted by molar-refractivity contribution is 5.96. The van der Waals surface area contributed by atoms with E-state index in [1.807, 2.05) is 0 Å². The van der Waals surface area contributed by atoms with Crippen molar-refractivity contribution in [3.63, 3.8) is 0 Å². The van der Waals surface area contributed by atoms with Crippen LogP contribution in [0.15, 0.2) is 48.5 Å². The molecule has 1 N–H and O–H groups in total. The lowest BCUT2D eigenvalue weighted by Gasteiger charge is -2.09. The van der Waals surface area contributed by atoms with E-state index in [0.717, 1.165) is 10.6 Å². The van der Waals surface area contributed by atoms with Gasteiger partial charge in [0.1, 0.15) is 0 Å². The minimum absolute atomic E-state index is 0.101. The Labute approximate surface area is 135 Å². The van der Waals surface area contributed by atoms with Crippen molar-refractivity contribution in [1.29, 1.82) is 5.41 Å². The van der Waals surface area contributed by atoms with Gasteiger partial charge in [-0.3, -0.25) is 10.2 Å². The summed E-state index contributed by atoms with van der Waals surface area (Å²) < 4.78 is 42.1. The zero-order valence-corrected chi connectivity index (χ0v) is 12.8. The Balaban J connectivity index is 2.15. The predicted molar refractivity (Wildman–Crippen MR) is 82.5 cm³/mol. The number of Topliss-reactive ketones (excluding diaryl/α,β-unsaturated/α-hetero) is 1. The smallest absolute Gasteiger partial charge is 0.313 e. The van der Waals surface area contributed by atoms with Gasteiger partial charge in [-0.25, -0.2) is 0 Å². The van der Waals surface area contributed by atoms with Crippen LogP contribution >= 0.6 is 0 Å². The van der Waals surface area contributed by atoms with Crippen LogP contribution in [0, 0.1) is 5.41 Å². The molecule has 0 aliphatic carbocycles. The van der Waals surface area contributed by atoms with Crippen molar-refractivity contribution in [2.24, 2.45) is 7.05 Å². The number of hydrogen-bond donors (Lipinski definition) is 1. The number of hydrogen-bond acceptors (Lipinski definition) is 2. The highest BCUT2D eigenvalue weighted by atomic mass is 19.4. The van der Waals surface area contributed by atoms with Crippen LogP contribution in [-0.4, -0.2) is 14.9 Å². The van der Waals surface area contributed by atoms with Crippen LogP contribution in [0.5, 0.6) is 0 Å². The van der Waals surface area contributed by atoms with E-state index in [9.17, 15) is 18.0 Å². The summed E-state index contributed by atoms with van der Waals surface area (Å²) in [5.74, 6) is -0.265. The van der Waals surface area contributed by atoms with E-state index >= 15 is 0 Å². The molecular formula is C17H14F3N3O. The molecule has 0 bridgehead atoms. The van der Waals surface area contributed by atoms with Crippen LogP contribution in [0.25, 0.3) is 11.0 Å². The maximum absolute atomic E-state index is 13.2. The predicted octanol–water partition coefficient (Wildman–Crippen LogP) is 3.36. The third-order valence-corrected chi connectivity index (χ3v) is 3.92. The molecule has 4 nitrogen and oxygen atoms in total. The van der Waals surface area contributed by atoms with Crippen LogP contribution in [0.1, 0.15) is 15.9 Å². The first-order valence-corrected chi connectivity index (χ1v) is 7.19. The molecule has 3 aromatic rings. The zero-order chi connectivity index (χ0) is 17.5. The van der Waals surface area contributed by atoms with Gasteiger partial charge in [0, 0.05) is 12.6 Å². The Bertz CT molecular complexity index is 968. The third kappa shape index (κ3) is 2.62. The Morgan fingerprint density at radius 3 is 2.38 bits per heavy atom. The standard InChI is InChI=1S/C17H14F3N3O/c1-22-15-12(17(18,19)20)8-5-9-13(15)23(16(22)21)10-14(24)11-6-3-2-4-7-11/h2-9,21H,10H2,1H3. The van der Waals surface area contributed by atoms with Gasteiger partial charge < -0.3 is 9.13 Å². The van der Waals surface area contributed by atoms with Crippen molar-refractivity contribution >= 4 is 16.8 Å². The fourth-order valence-corrected chi connectivity index (χ4v) is 2.75. The monoisotopic (exact) mass is 333 g/mol. The molecule has 0 amide bonds. The topological polar surface area (TPSA) is 50.8 Å². The van der Waals surface area contributed by atoms with Crippen LogP contribution < -0.4 is 5.62 Å². The van der Waals surface area contributed by atoms with E-state index in [1.165, 1.54) is 23.7 Å². The second-order valence-corrected chi connectivity index (χ2v) is 5.43. The zero-order valence-electron chi connectivity index (χ0n) is 12.8. The van der Waals surface area contributed by atoms with Gasteiger partial charge in [0.25, 0.3) is 0 Å². The summed E-state index contributed by atoms with van der Waals surface area (Å²) in [6.07, 6.45) is -4.53. The summed E-state index contributed by atoms with van der Waals surface area (Å²) in [5, 5.41) is 8.09. The van der Waals surface area contributed by atoms with Crippen LogP contribution in [0.2, 0.25) is 0 Å². The van der Waals surface area contributed by atoms with Crippen molar-refractivity contribution < 1.29 is 18.0 Å². The van der Waals surface area contributed by atoms with Crippen molar-refractivity contribution in [2.75, 3.05) is 0 Å². The van der Waals surface area contributed by atoms with Gasteiger partial charge in [-0.2, -0.15) is 13.2 Å². The first kappa shape index (κ1) is 16.0. The molecule has 0 fully saturated rings. The largest absolute Gasteiger partial charge is 0.418 e. The SMILES string of the molecule is Cn1c(=N)n(CC(=O)c2ccccc2)c2cccc(C(F)(F)F)c21. The molecular weight excluding hydrogens is 319 g/mol. The number of alkyl halides is 3. The number of imidazole rings is 1. The summed E-state index contributed by atoms with van der Waals surface area (Å²) in [7, 11) is 1.39. The molecule has 0 radical (unpaired) electrons. The molecule has 24 heavy (non-hydrogen) atoms. The number of aryl methyl sites for hydroxylation is 1. The van der Waals surface area contributed by atoms with Gasteiger partial charge in [0.15, 0.2) is 5.78 Å². The highest BCUT2D eigenvalue weighted by Crippen LogP contribution is 2.34. The van der Waals surface area contributed by atoms with Crippen molar-refractivity contribution in [2.45, 2.75) is 12.7 Å². The molecule has 1 aromatic heterocycles. The van der Waals surface area contributed by atoms with Crippen LogP contribution in [-0.2, 0) is 19.8 Å². The van der Waals surface area contributed by atoms with Gasteiger partial charge >= 0.3 is 6.18 Å². The Morgan fingerprint density at radius 2 is 1.75 bits per heavy atom. The van der Waals surface area contributed by atoms with Gasteiger partial charge in [-0.05, 0) is 12.1 Å². The van der Waals surface area contributed by atoms with Crippen LogP contribution in [0.3, 0.4) is 0 Å². The summed E-state index contributed by atoms with van der Waals surface area (Å²) in [6, 6.07) is 12.2. The summed E-state index contributed by atoms with van der Waals surface area (Å²) in [6.45, 7) is -0.193. The first-order chi connectivity index (χ1) is 11.3. The lowest BCUT2D eigenvalue weighted by Crippen LogP contribution is -2.26. The molecule has 0 saturated carbocycles. The fourth-order valence-electron chi connectivity index (χ4n) is 2.75. The summed E-state index contributed by atoms with van der Waals surface area (Å²) >= 11 is 0. The highest BCUT2D eigenvalue weighted by Gasteiger charge is 2.34. The molecule has 1 heterocycles. The number of carbonyl (C=O) groups is 1. The number of rotatable bonds is 3. The average Bonchev–Trinajstić information content (AvgIpc) is 2.80. The minimum atomic E-state index is -4.53. The molecule has 0 atom stereocenters. The second-order valence-electron chi connectivity index (χ2n) is 5.43. The van der Waals surface area contributed by atoms with E-state index in [2.05, 4.69) is 0 Å². The Kier molecular flexibility index (Phi) is 3.79. The van der Waals surface area contributed by atoms with Gasteiger partial charge in [0.05, 0.1) is 23.1 Å². The molecule has 2 aromatic carbocycles. The van der Waals surface area contributed by atoms with Gasteiger partial charge in [0.2, 0.25) is 5.62 Å². The van der Waals surface area contributed by atoms with E-state index in [1.54, 1.807) is 30.3 Å². The lowest BCUT2D eigenvalue weighted by molar-refractivity contribution is -0.136. The first-order valence-electron chi connectivity index (χ1n) is 7.19. The van der Waals surface area contributed by atoms with Crippen molar-refractivity contribution in [3.05, 3.63) is 65.3 Å². The van der Waals surface area contributed by atoms with Crippen molar-refractivity contribution in [3.8, 4) is 0 Å². The second kappa shape index (κ2) is 5.67. The van der Waals surface area contributed by atoms with E-state index < -0.39 is 11.7 Å². The van der Waals surface area contributed by atoms with E-state index in [0.29, 0.717) is 5.56 Å². The number of fused-ring (bicyclic) bond motifs is 1. The molecule has 0 spiro atoms. The Hall–Kier alpha value is -2.83. The molecule has 0 aliphatic rings. The number of halogens is 3. The molecule has 3 rings (SSSR count). The summed E-state index contributed by atoms with van der Waals surface area (Å²) in [5.41, 5.74) is -0.418. The van der Waals surface area contributed by atoms with Gasteiger partial charge in [-0.1, -0.05) is 36.4 Å². The number of para-hydroxylation sites is 1. The number of nitrogens with zero attached hydrogens (tertiary/aromatic N) is 2. The fraction of sp³-hybridized carbons (Fsp3) is 0.176. The lowest BCUT2D eigenvalue weighted by atomic mass is 10.1.